The first kappa shape index (κ1) is 38.7. The average Bonchev–Trinajstić information content (AvgIpc) is 1.58. The molecule has 13 aromatic carbocycles. The molecule has 91 heavy (non-hydrogen) atoms. The van der Waals surface area contributed by atoms with E-state index in [0.717, 1.165) is 61.3 Å². The second kappa shape index (κ2) is 20.7. The number of anilines is 3. The molecule has 17 rings (SSSR count). The molecule has 0 atom stereocenters. The lowest BCUT2D eigenvalue weighted by Gasteiger charge is -2.42. The molecule has 3 aliphatic rings. The Bertz CT molecular complexity index is 6100. The van der Waals surface area contributed by atoms with E-state index in [9.17, 15) is 16.4 Å². The zero-order valence-electron chi connectivity index (χ0n) is 68.8. The van der Waals surface area contributed by atoms with Gasteiger partial charge in [0.15, 0.2) is 0 Å². The zero-order valence-corrected chi connectivity index (χ0v) is 50.8. The second-order valence-corrected chi connectivity index (χ2v) is 25.8. The van der Waals surface area contributed by atoms with Crippen molar-refractivity contribution in [2.24, 2.45) is 0 Å². The average molecular weight is 1190 g/mol. The summed E-state index contributed by atoms with van der Waals surface area (Å²) >= 11 is 0. The SMILES string of the molecule is [2H]c1c([2H])c([2H])c(C2(c3c([2H])c([2H])c([2H])c([2H])c3[2H])c3ccccc3-c3cccc(-c4cc5c6c(c4)N(c4c(-c7ccccc7)cc(C(C)(C)C)cc4-c4ccccc4)c4cc(-c7cccc(C(C)(C)C)c7)ccc4B6c4ccc(-n6c7c([2H])c([2H])c([2H])c([2H])c7c7c([2H])c([2H])c([2H])c([2H])c76)cc4O5)c32)c([2H])c1[2H]. The minimum absolute atomic E-state index is 0.0861. The Balaban J connectivity index is 1.06. The molecule has 0 N–H and O–H groups in total. The Hall–Kier alpha value is -10.7. The Morgan fingerprint density at radius 3 is 1.58 bits per heavy atom. The van der Waals surface area contributed by atoms with E-state index in [1.807, 2.05) is 72.8 Å². The summed E-state index contributed by atoms with van der Waals surface area (Å²) in [6.45, 7) is 12.4. The third-order valence-electron chi connectivity index (χ3n) is 18.6. The molecular weight excluding hydrogens is 1100 g/mol. The Morgan fingerprint density at radius 1 is 0.396 bits per heavy atom. The molecule has 434 valence electrons. The van der Waals surface area contributed by atoms with Gasteiger partial charge in [0, 0.05) is 45.0 Å². The summed E-state index contributed by atoms with van der Waals surface area (Å²) in [6, 6.07) is 50.7. The Kier molecular flexibility index (Phi) is 8.80. The predicted molar refractivity (Wildman–Crippen MR) is 383 cm³/mol. The fourth-order valence-corrected chi connectivity index (χ4v) is 14.4. The van der Waals surface area contributed by atoms with Gasteiger partial charge in [0.25, 0.3) is 6.71 Å². The van der Waals surface area contributed by atoms with Crippen molar-refractivity contribution in [1.82, 2.24) is 4.57 Å². The Morgan fingerprint density at radius 2 is 0.934 bits per heavy atom. The number of aromatic nitrogens is 1. The lowest BCUT2D eigenvalue weighted by molar-refractivity contribution is 0.487. The van der Waals surface area contributed by atoms with Crippen molar-refractivity contribution in [1.29, 1.82) is 0 Å². The normalized spacial score (nSPS) is 16.3. The van der Waals surface area contributed by atoms with Gasteiger partial charge in [-0.05, 0) is 154 Å². The fraction of sp³-hybridized carbons (Fsp3) is 0.103. The molecule has 0 fully saturated rings. The van der Waals surface area contributed by atoms with Crippen molar-refractivity contribution in [2.75, 3.05) is 4.90 Å². The predicted octanol–water partition coefficient (Wildman–Crippen LogP) is 20.8. The molecule has 4 heteroatoms. The van der Waals surface area contributed by atoms with Gasteiger partial charge in [-0.3, -0.25) is 0 Å². The minimum Gasteiger partial charge on any atom is -0.458 e. The first-order valence-electron chi connectivity index (χ1n) is 39.6. The van der Waals surface area contributed by atoms with Crippen LogP contribution in [0.25, 0.3) is 83.1 Å². The molecule has 1 aromatic heterocycles. The molecule has 2 aliphatic heterocycles. The van der Waals surface area contributed by atoms with Gasteiger partial charge >= 0.3 is 0 Å². The summed E-state index contributed by atoms with van der Waals surface area (Å²) in [5.41, 5.74) is 10.7. The molecule has 0 spiro atoms. The number of para-hydroxylation sites is 2. The van der Waals surface area contributed by atoms with Gasteiger partial charge in [-0.1, -0.05) is 284 Å². The summed E-state index contributed by atoms with van der Waals surface area (Å²) in [6.07, 6.45) is 0. The van der Waals surface area contributed by atoms with Gasteiger partial charge in [-0.15, -0.1) is 0 Å². The van der Waals surface area contributed by atoms with Gasteiger partial charge in [0.1, 0.15) is 11.5 Å². The number of fused-ring (bicyclic) bond motifs is 10. The largest absolute Gasteiger partial charge is 0.458 e. The molecule has 0 unspecified atom stereocenters. The monoisotopic (exact) mass is 1180 g/mol. The molecule has 0 radical (unpaired) electrons. The quantitative estimate of drug-likeness (QED) is 0.141. The van der Waals surface area contributed by atoms with Crippen LogP contribution in [0, 0.1) is 0 Å². The number of rotatable bonds is 8. The van der Waals surface area contributed by atoms with E-state index in [4.69, 9.17) is 13.0 Å². The van der Waals surface area contributed by atoms with E-state index in [1.165, 1.54) is 4.57 Å². The van der Waals surface area contributed by atoms with Crippen molar-refractivity contribution in [3.8, 4) is 72.8 Å². The third-order valence-corrected chi connectivity index (χ3v) is 18.6. The zero-order chi connectivity index (χ0) is 77.0. The van der Waals surface area contributed by atoms with E-state index in [0.29, 0.717) is 50.2 Å². The maximum atomic E-state index is 10.1. The van der Waals surface area contributed by atoms with E-state index < -0.39 is 126 Å². The lowest BCUT2D eigenvalue weighted by Crippen LogP contribution is -2.59. The summed E-state index contributed by atoms with van der Waals surface area (Å²) in [5.74, 6) is 0.558. The summed E-state index contributed by atoms with van der Waals surface area (Å²) in [5, 5.41) is -0.199. The van der Waals surface area contributed by atoms with Crippen LogP contribution in [0.4, 0.5) is 17.1 Å². The van der Waals surface area contributed by atoms with Crippen LogP contribution in [0.15, 0.2) is 297 Å². The smallest absolute Gasteiger partial charge is 0.256 e. The highest BCUT2D eigenvalue weighted by atomic mass is 16.5. The maximum Gasteiger partial charge on any atom is 0.256 e. The second-order valence-electron chi connectivity index (χ2n) is 25.8. The number of hydrogen-bond donors (Lipinski definition) is 0. The first-order valence-corrected chi connectivity index (χ1v) is 30.6. The van der Waals surface area contributed by atoms with E-state index >= 15 is 0 Å². The van der Waals surface area contributed by atoms with Crippen molar-refractivity contribution < 1.29 is 29.4 Å². The first-order chi connectivity index (χ1) is 51.9. The van der Waals surface area contributed by atoms with Gasteiger partial charge < -0.3 is 14.2 Å². The van der Waals surface area contributed by atoms with E-state index in [1.54, 1.807) is 30.3 Å². The standard InChI is InChI=1S/C87H67BN2O/c1-85(2,3)63-36-25-31-58(49-63)59-45-47-74-78(50-59)90(84-71(56-27-11-7-12-28-56)53-64(86(4,5)6)54-72(84)57-29-13-8-14-30-57)79-51-60(66-40-26-41-70-67-37-19-22-42-73(67)87(82(66)70,61-32-15-9-16-33-61)62-34-17-10-18-35-62)52-81-83(79)88(74)75-48-46-65(55-80(75)91-81)89-76-43-23-20-38-68(76)69-39-21-24-44-77(69)89/h7-55H,1-6H3/i9D,10D,15D,16D,17D,18D,20D,21D,23D,24D,32D,33D,34D,35D,38D,39D,43D,44D. The van der Waals surface area contributed by atoms with Crippen LogP contribution >= 0.6 is 0 Å². The number of ether oxygens (including phenoxy) is 1. The van der Waals surface area contributed by atoms with Crippen LogP contribution in [0.2, 0.25) is 0 Å². The van der Waals surface area contributed by atoms with E-state index in [-0.39, 0.29) is 55.3 Å². The topological polar surface area (TPSA) is 17.4 Å². The van der Waals surface area contributed by atoms with Crippen molar-refractivity contribution in [3.05, 3.63) is 330 Å². The highest BCUT2D eigenvalue weighted by Gasteiger charge is 2.49. The highest BCUT2D eigenvalue weighted by Crippen LogP contribution is 2.60. The van der Waals surface area contributed by atoms with Crippen LogP contribution < -0.4 is 26.0 Å². The van der Waals surface area contributed by atoms with Crippen molar-refractivity contribution in [2.45, 2.75) is 57.8 Å². The third kappa shape index (κ3) is 8.49. The summed E-state index contributed by atoms with van der Waals surface area (Å²) < 4.78 is 178. The molecule has 0 saturated carbocycles. The van der Waals surface area contributed by atoms with Crippen LogP contribution in [0.3, 0.4) is 0 Å². The lowest BCUT2D eigenvalue weighted by atomic mass is 9.34. The fourth-order valence-electron chi connectivity index (χ4n) is 14.4. The Labute approximate surface area is 559 Å². The molecule has 0 bridgehead atoms. The highest BCUT2D eigenvalue weighted by molar-refractivity contribution is 6.99. The van der Waals surface area contributed by atoms with Crippen molar-refractivity contribution in [3.63, 3.8) is 0 Å². The molecule has 3 nitrogen and oxygen atoms in total. The number of hydrogen-bond acceptors (Lipinski definition) is 2. The molecular formula is C87H67BN2O. The summed E-state index contributed by atoms with van der Waals surface area (Å²) in [4.78, 5) is 2.31. The molecule has 0 amide bonds. The van der Waals surface area contributed by atoms with Gasteiger partial charge in [-0.25, -0.2) is 0 Å². The molecule has 1 aliphatic carbocycles. The van der Waals surface area contributed by atoms with E-state index in [2.05, 4.69) is 131 Å². The van der Waals surface area contributed by atoms with Crippen LogP contribution in [0.1, 0.15) is 99.6 Å². The van der Waals surface area contributed by atoms with Gasteiger partial charge in [0.05, 0.1) is 46.8 Å². The van der Waals surface area contributed by atoms with Crippen molar-refractivity contribution >= 4 is 62.0 Å². The van der Waals surface area contributed by atoms with Crippen LogP contribution in [0.5, 0.6) is 11.5 Å². The van der Waals surface area contributed by atoms with Gasteiger partial charge in [0.2, 0.25) is 0 Å². The van der Waals surface area contributed by atoms with Gasteiger partial charge in [-0.2, -0.15) is 0 Å². The number of nitrogens with zero attached hydrogens (tertiary/aromatic N) is 2. The molecule has 14 aromatic rings. The number of benzene rings is 13. The van der Waals surface area contributed by atoms with Crippen LogP contribution in [-0.2, 0) is 16.2 Å². The molecule has 3 heterocycles. The maximum absolute atomic E-state index is 10.1. The molecule has 0 saturated heterocycles. The van der Waals surface area contributed by atoms with Crippen LogP contribution in [-0.4, -0.2) is 11.3 Å². The summed E-state index contributed by atoms with van der Waals surface area (Å²) in [7, 11) is 0. The minimum atomic E-state index is -2.28.